The first-order valence-electron chi connectivity index (χ1n) is 7.35. The van der Waals surface area contributed by atoms with Crippen LogP contribution in [0.25, 0.3) is 0 Å². The lowest BCUT2D eigenvalue weighted by Crippen LogP contribution is -2.47. The van der Waals surface area contributed by atoms with Crippen LogP contribution >= 0.6 is 0 Å². The third-order valence-electron chi connectivity index (χ3n) is 4.67. The zero-order valence-electron chi connectivity index (χ0n) is 11.6. The highest BCUT2D eigenvalue weighted by Crippen LogP contribution is 2.43. The Hall–Kier alpha value is -1.78. The van der Waals surface area contributed by atoms with Crippen LogP contribution in [0.4, 0.5) is 8.78 Å². The molecule has 1 aliphatic carbocycles. The number of imide groups is 1. The summed E-state index contributed by atoms with van der Waals surface area (Å²) in [5.41, 5.74) is 0.148. The van der Waals surface area contributed by atoms with E-state index in [-0.39, 0.29) is 23.8 Å². The average molecular weight is 293 g/mol. The Morgan fingerprint density at radius 1 is 1.10 bits per heavy atom. The normalized spacial score (nSPS) is 27.0. The van der Waals surface area contributed by atoms with Crippen LogP contribution in [-0.2, 0) is 9.59 Å². The van der Waals surface area contributed by atoms with Gasteiger partial charge in [0.05, 0.1) is 0 Å². The topological polar surface area (TPSA) is 46.2 Å². The Kier molecular flexibility index (Phi) is 3.74. The summed E-state index contributed by atoms with van der Waals surface area (Å²) in [6.07, 6.45) is 3.92. The zero-order chi connectivity index (χ0) is 15.0. The molecule has 0 radical (unpaired) electrons. The van der Waals surface area contributed by atoms with Gasteiger partial charge in [0.25, 0.3) is 0 Å². The molecular formula is C16H17F2NO2. The molecule has 0 bridgehead atoms. The molecule has 112 valence electrons. The number of amides is 2. The molecule has 2 amide bonds. The van der Waals surface area contributed by atoms with Crippen molar-refractivity contribution in [1.82, 2.24) is 5.32 Å². The Morgan fingerprint density at radius 2 is 1.81 bits per heavy atom. The van der Waals surface area contributed by atoms with Crippen molar-refractivity contribution in [2.75, 3.05) is 0 Å². The molecule has 5 heteroatoms. The van der Waals surface area contributed by atoms with E-state index < -0.39 is 29.4 Å². The van der Waals surface area contributed by atoms with E-state index in [1.165, 1.54) is 0 Å². The molecule has 0 spiro atoms. The lowest BCUT2D eigenvalue weighted by atomic mass is 9.73. The largest absolute Gasteiger partial charge is 0.296 e. The number of carbonyl (C=O) groups is 2. The van der Waals surface area contributed by atoms with Crippen molar-refractivity contribution >= 4 is 11.8 Å². The SMILES string of the molecule is O=C1CC(c2cc(F)ccc2F)C(C2CCCC2)C(=O)N1. The predicted molar refractivity (Wildman–Crippen MR) is 72.3 cm³/mol. The number of benzene rings is 1. The van der Waals surface area contributed by atoms with Crippen LogP contribution in [0.5, 0.6) is 0 Å². The second-order valence-corrected chi connectivity index (χ2v) is 5.96. The summed E-state index contributed by atoms with van der Waals surface area (Å²) in [4.78, 5) is 23.9. The first kappa shape index (κ1) is 14.2. The van der Waals surface area contributed by atoms with E-state index in [9.17, 15) is 18.4 Å². The number of halogens is 2. The molecule has 1 saturated heterocycles. The van der Waals surface area contributed by atoms with Gasteiger partial charge in [-0.2, -0.15) is 0 Å². The smallest absolute Gasteiger partial charge is 0.230 e. The molecular weight excluding hydrogens is 276 g/mol. The molecule has 3 nitrogen and oxygen atoms in total. The minimum absolute atomic E-state index is 0.0350. The summed E-state index contributed by atoms with van der Waals surface area (Å²) < 4.78 is 27.5. The summed E-state index contributed by atoms with van der Waals surface area (Å²) in [6, 6.07) is 3.23. The maximum atomic E-state index is 14.1. The van der Waals surface area contributed by atoms with Crippen molar-refractivity contribution in [3.8, 4) is 0 Å². The van der Waals surface area contributed by atoms with Gasteiger partial charge >= 0.3 is 0 Å². The Morgan fingerprint density at radius 3 is 2.52 bits per heavy atom. The van der Waals surface area contributed by atoms with Gasteiger partial charge in [-0.3, -0.25) is 14.9 Å². The lowest BCUT2D eigenvalue weighted by Gasteiger charge is -2.34. The molecule has 2 atom stereocenters. The molecule has 2 aliphatic rings. The molecule has 0 aromatic heterocycles. The summed E-state index contributed by atoms with van der Waals surface area (Å²) in [5.74, 6) is -2.71. The molecule has 2 unspecified atom stereocenters. The van der Waals surface area contributed by atoms with E-state index in [2.05, 4.69) is 5.32 Å². The first-order chi connectivity index (χ1) is 10.1. The van der Waals surface area contributed by atoms with Gasteiger partial charge in [-0.15, -0.1) is 0 Å². The molecule has 1 aromatic carbocycles. The Labute approximate surface area is 121 Å². The van der Waals surface area contributed by atoms with Gasteiger partial charge < -0.3 is 0 Å². The zero-order valence-corrected chi connectivity index (χ0v) is 11.6. The molecule has 3 rings (SSSR count). The van der Waals surface area contributed by atoms with E-state index in [1.54, 1.807) is 0 Å². The van der Waals surface area contributed by atoms with Gasteiger partial charge in [0.1, 0.15) is 11.6 Å². The maximum Gasteiger partial charge on any atom is 0.230 e. The second-order valence-electron chi connectivity index (χ2n) is 5.96. The van der Waals surface area contributed by atoms with Crippen molar-refractivity contribution in [1.29, 1.82) is 0 Å². The van der Waals surface area contributed by atoms with Gasteiger partial charge in [0, 0.05) is 18.3 Å². The first-order valence-corrected chi connectivity index (χ1v) is 7.35. The van der Waals surface area contributed by atoms with Crippen molar-refractivity contribution in [2.24, 2.45) is 11.8 Å². The monoisotopic (exact) mass is 293 g/mol. The van der Waals surface area contributed by atoms with Gasteiger partial charge in [-0.25, -0.2) is 8.78 Å². The average Bonchev–Trinajstić information content (AvgIpc) is 2.94. The van der Waals surface area contributed by atoms with Crippen LogP contribution in [0.2, 0.25) is 0 Å². The van der Waals surface area contributed by atoms with Gasteiger partial charge in [-0.1, -0.05) is 12.8 Å². The van der Waals surface area contributed by atoms with Crippen LogP contribution in [0.1, 0.15) is 43.6 Å². The van der Waals surface area contributed by atoms with Crippen molar-refractivity contribution in [3.05, 3.63) is 35.4 Å². The molecule has 1 aliphatic heterocycles. The minimum atomic E-state index is -0.565. The molecule has 1 aromatic rings. The van der Waals surface area contributed by atoms with Gasteiger partial charge in [-0.05, 0) is 42.5 Å². The van der Waals surface area contributed by atoms with Crippen LogP contribution in [-0.4, -0.2) is 11.8 Å². The third-order valence-corrected chi connectivity index (χ3v) is 4.67. The molecule has 1 saturated carbocycles. The number of carbonyl (C=O) groups excluding carboxylic acids is 2. The number of piperidine rings is 1. The highest BCUT2D eigenvalue weighted by Gasteiger charge is 2.43. The predicted octanol–water partition coefficient (Wildman–Crippen LogP) is 2.90. The number of nitrogens with one attached hydrogen (secondary N) is 1. The van der Waals surface area contributed by atoms with Crippen LogP contribution < -0.4 is 5.32 Å². The van der Waals surface area contributed by atoms with E-state index in [4.69, 9.17) is 0 Å². The fourth-order valence-corrected chi connectivity index (χ4v) is 3.74. The summed E-state index contributed by atoms with van der Waals surface area (Å²) in [6.45, 7) is 0. The summed E-state index contributed by atoms with van der Waals surface area (Å²) in [7, 11) is 0. The number of hydrogen-bond acceptors (Lipinski definition) is 2. The molecule has 2 fully saturated rings. The van der Waals surface area contributed by atoms with Crippen LogP contribution in [0.15, 0.2) is 18.2 Å². The van der Waals surface area contributed by atoms with Crippen molar-refractivity contribution in [3.63, 3.8) is 0 Å². The van der Waals surface area contributed by atoms with E-state index in [0.717, 1.165) is 43.9 Å². The number of rotatable bonds is 2. The van der Waals surface area contributed by atoms with Gasteiger partial charge in [0.2, 0.25) is 11.8 Å². The summed E-state index contributed by atoms with van der Waals surface area (Å²) >= 11 is 0. The van der Waals surface area contributed by atoms with Crippen molar-refractivity contribution in [2.45, 2.75) is 38.0 Å². The van der Waals surface area contributed by atoms with E-state index in [1.807, 2.05) is 0 Å². The fraction of sp³-hybridized carbons (Fsp3) is 0.500. The molecule has 1 N–H and O–H groups in total. The van der Waals surface area contributed by atoms with Gasteiger partial charge in [0.15, 0.2) is 0 Å². The van der Waals surface area contributed by atoms with E-state index >= 15 is 0 Å². The quantitative estimate of drug-likeness (QED) is 0.852. The third kappa shape index (κ3) is 2.69. The summed E-state index contributed by atoms with van der Waals surface area (Å²) in [5, 5.41) is 2.35. The standard InChI is InChI=1S/C16H17F2NO2/c17-10-5-6-13(18)11(7-10)12-8-14(20)19-16(21)15(12)9-3-1-2-4-9/h5-7,9,12,15H,1-4,8H2,(H,19,20,21). The lowest BCUT2D eigenvalue weighted by molar-refractivity contribution is -0.138. The number of hydrogen-bond donors (Lipinski definition) is 1. The fourth-order valence-electron chi connectivity index (χ4n) is 3.74. The van der Waals surface area contributed by atoms with Crippen LogP contribution in [0.3, 0.4) is 0 Å². The van der Waals surface area contributed by atoms with Crippen molar-refractivity contribution < 1.29 is 18.4 Å². The highest BCUT2D eigenvalue weighted by molar-refractivity contribution is 6.00. The molecule has 1 heterocycles. The Balaban J connectivity index is 2.00. The molecule has 21 heavy (non-hydrogen) atoms. The second kappa shape index (κ2) is 5.54. The van der Waals surface area contributed by atoms with E-state index in [0.29, 0.717) is 0 Å². The highest BCUT2D eigenvalue weighted by atomic mass is 19.1. The maximum absolute atomic E-state index is 14.1. The van der Waals surface area contributed by atoms with Crippen LogP contribution in [0, 0.1) is 23.5 Å². The minimum Gasteiger partial charge on any atom is -0.296 e. The Bertz CT molecular complexity index is 582.